The van der Waals surface area contributed by atoms with Gasteiger partial charge in [-0.3, -0.25) is 4.90 Å². The minimum absolute atomic E-state index is 0.876. The van der Waals surface area contributed by atoms with Gasteiger partial charge in [-0.1, -0.05) is 70.9 Å². The van der Waals surface area contributed by atoms with Gasteiger partial charge in [0.1, 0.15) is 0 Å². The van der Waals surface area contributed by atoms with Gasteiger partial charge < -0.3 is 0 Å². The molecule has 0 aromatic rings. The van der Waals surface area contributed by atoms with Crippen LogP contribution in [0.3, 0.4) is 0 Å². The van der Waals surface area contributed by atoms with E-state index in [1.165, 1.54) is 83.5 Å². The summed E-state index contributed by atoms with van der Waals surface area (Å²) in [5.74, 6) is 10.3. The predicted octanol–water partition coefficient (Wildman–Crippen LogP) is 10.4. The topological polar surface area (TPSA) is 3.24 Å². The van der Waals surface area contributed by atoms with Gasteiger partial charge in [-0.05, 0) is 149 Å². The molecule has 0 radical (unpaired) electrons. The number of hydrogen-bond acceptors (Lipinski definition) is 1. The molecule has 7 saturated carbocycles. The lowest BCUT2D eigenvalue weighted by Crippen LogP contribution is -2.53. The Balaban J connectivity index is 0.986. The molecule has 0 bridgehead atoms. The van der Waals surface area contributed by atoms with Crippen LogP contribution in [0.2, 0.25) is 0 Å². The van der Waals surface area contributed by atoms with Crippen molar-refractivity contribution in [3.05, 3.63) is 12.2 Å². The summed E-state index contributed by atoms with van der Waals surface area (Å²) in [6, 6.07) is 2.67. The van der Waals surface area contributed by atoms with Crippen molar-refractivity contribution in [1.82, 2.24) is 4.90 Å². The first kappa shape index (κ1) is 27.5. The molecular weight excluding hydrogens is 470 g/mol. The molecular formula is C38H63N. The SMILES string of the molecule is CC1CCCC(N(C2CCC(C=CC3CCC4CCC5CCCC6CCC3C4C56)CC2)C2CCCC(C)C2)C1. The van der Waals surface area contributed by atoms with E-state index in [2.05, 4.69) is 30.9 Å². The van der Waals surface area contributed by atoms with E-state index in [1.54, 1.807) is 51.4 Å². The van der Waals surface area contributed by atoms with Gasteiger partial charge in [0, 0.05) is 18.1 Å². The second kappa shape index (κ2) is 12.1. The fraction of sp³-hybridized carbons (Fsp3) is 0.947. The zero-order valence-electron chi connectivity index (χ0n) is 26.0. The maximum absolute atomic E-state index is 3.19. The quantitative estimate of drug-likeness (QED) is 0.318. The standard InChI is InChI=1S/C38H63N/c1-26-6-3-10-34(24-26)39(35-11-4-7-27(2)25-35)33-21-13-28(14-22-33)12-15-29-16-17-32-19-18-30-8-5-9-31-20-23-36(29)38(32)37(30)31/h12,15,26-38H,3-11,13-14,16-25H2,1-2H3. The molecule has 7 aliphatic rings. The third-order valence-electron chi connectivity index (χ3n) is 14.4. The molecule has 11 atom stereocenters. The van der Waals surface area contributed by atoms with Gasteiger partial charge in [0.2, 0.25) is 0 Å². The normalized spacial score (nSPS) is 50.6. The van der Waals surface area contributed by atoms with Crippen molar-refractivity contribution in [1.29, 1.82) is 0 Å². The van der Waals surface area contributed by atoms with Crippen LogP contribution in [0.15, 0.2) is 12.2 Å². The lowest BCUT2D eigenvalue weighted by atomic mass is 9.46. The van der Waals surface area contributed by atoms with Crippen molar-refractivity contribution in [2.75, 3.05) is 0 Å². The molecule has 0 amide bonds. The van der Waals surface area contributed by atoms with Crippen LogP contribution in [0.5, 0.6) is 0 Å². The Bertz CT molecular complexity index is 795. The number of rotatable bonds is 5. The summed E-state index contributed by atoms with van der Waals surface area (Å²) in [7, 11) is 0. The first-order valence-corrected chi connectivity index (χ1v) is 18.6. The van der Waals surface area contributed by atoms with Gasteiger partial charge in [-0.15, -0.1) is 0 Å². The highest BCUT2D eigenvalue weighted by molar-refractivity contribution is 5.07. The Morgan fingerprint density at radius 2 is 1.03 bits per heavy atom. The van der Waals surface area contributed by atoms with E-state index in [0.29, 0.717) is 0 Å². The van der Waals surface area contributed by atoms with Crippen molar-refractivity contribution in [2.24, 2.45) is 59.2 Å². The van der Waals surface area contributed by atoms with Crippen LogP contribution in [-0.2, 0) is 0 Å². The minimum atomic E-state index is 0.876. The Hall–Kier alpha value is -0.300. The van der Waals surface area contributed by atoms with E-state index in [0.717, 1.165) is 77.3 Å². The number of allylic oxidation sites excluding steroid dienone is 2. The lowest BCUT2D eigenvalue weighted by Gasteiger charge is -2.59. The molecule has 0 aliphatic heterocycles. The minimum Gasteiger partial charge on any atom is -0.294 e. The molecule has 7 aliphatic carbocycles. The van der Waals surface area contributed by atoms with Crippen LogP contribution in [0.25, 0.3) is 0 Å². The largest absolute Gasteiger partial charge is 0.294 e. The Kier molecular flexibility index (Phi) is 8.56. The molecule has 7 rings (SSSR count). The molecule has 39 heavy (non-hydrogen) atoms. The van der Waals surface area contributed by atoms with Crippen LogP contribution in [0.1, 0.15) is 149 Å². The molecule has 0 spiro atoms. The molecule has 0 aromatic heterocycles. The van der Waals surface area contributed by atoms with Gasteiger partial charge in [0.25, 0.3) is 0 Å². The van der Waals surface area contributed by atoms with Crippen LogP contribution in [0, 0.1) is 59.2 Å². The maximum Gasteiger partial charge on any atom is 0.0104 e. The van der Waals surface area contributed by atoms with Crippen LogP contribution >= 0.6 is 0 Å². The Morgan fingerprint density at radius 3 is 1.67 bits per heavy atom. The summed E-state index contributed by atoms with van der Waals surface area (Å²) in [6.07, 6.45) is 37.5. The number of hydrogen-bond donors (Lipinski definition) is 0. The van der Waals surface area contributed by atoms with E-state index in [1.807, 2.05) is 0 Å². The monoisotopic (exact) mass is 533 g/mol. The zero-order chi connectivity index (χ0) is 26.3. The van der Waals surface area contributed by atoms with E-state index in [4.69, 9.17) is 0 Å². The fourth-order valence-corrected chi connectivity index (χ4v) is 12.7. The Morgan fingerprint density at radius 1 is 0.462 bits per heavy atom. The molecule has 1 nitrogen and oxygen atoms in total. The van der Waals surface area contributed by atoms with E-state index < -0.39 is 0 Å². The predicted molar refractivity (Wildman–Crippen MR) is 166 cm³/mol. The average molecular weight is 534 g/mol. The fourth-order valence-electron chi connectivity index (χ4n) is 12.7. The molecule has 7 fully saturated rings. The first-order valence-electron chi connectivity index (χ1n) is 18.6. The molecule has 220 valence electrons. The van der Waals surface area contributed by atoms with Crippen molar-refractivity contribution in [3.63, 3.8) is 0 Å². The third kappa shape index (κ3) is 5.71. The second-order valence-corrected chi connectivity index (χ2v) is 16.7. The van der Waals surface area contributed by atoms with Gasteiger partial charge in [0.15, 0.2) is 0 Å². The van der Waals surface area contributed by atoms with E-state index in [9.17, 15) is 0 Å². The zero-order valence-corrected chi connectivity index (χ0v) is 26.0. The second-order valence-electron chi connectivity index (χ2n) is 16.7. The van der Waals surface area contributed by atoms with Crippen LogP contribution in [-0.4, -0.2) is 23.0 Å². The van der Waals surface area contributed by atoms with E-state index in [-0.39, 0.29) is 0 Å². The Labute approximate surface area is 242 Å². The summed E-state index contributed by atoms with van der Waals surface area (Å²) in [5, 5.41) is 0. The van der Waals surface area contributed by atoms with Gasteiger partial charge >= 0.3 is 0 Å². The highest BCUT2D eigenvalue weighted by Gasteiger charge is 2.53. The highest BCUT2D eigenvalue weighted by atomic mass is 15.2. The summed E-state index contributed by atoms with van der Waals surface area (Å²) < 4.78 is 0. The van der Waals surface area contributed by atoms with Gasteiger partial charge in [-0.25, -0.2) is 0 Å². The van der Waals surface area contributed by atoms with Crippen molar-refractivity contribution in [2.45, 2.75) is 167 Å². The van der Waals surface area contributed by atoms with Gasteiger partial charge in [0.05, 0.1) is 0 Å². The van der Waals surface area contributed by atoms with Crippen LogP contribution in [0.4, 0.5) is 0 Å². The lowest BCUT2D eigenvalue weighted by molar-refractivity contribution is -0.0889. The highest BCUT2D eigenvalue weighted by Crippen LogP contribution is 2.61. The molecule has 0 N–H and O–H groups in total. The van der Waals surface area contributed by atoms with Gasteiger partial charge in [-0.2, -0.15) is 0 Å². The average Bonchev–Trinajstić information content (AvgIpc) is 2.96. The summed E-state index contributed by atoms with van der Waals surface area (Å²) in [5.41, 5.74) is 0. The number of nitrogens with zero attached hydrogens (tertiary/aromatic N) is 1. The molecule has 0 aromatic carbocycles. The third-order valence-corrected chi connectivity index (χ3v) is 14.4. The molecule has 11 unspecified atom stereocenters. The summed E-state index contributed by atoms with van der Waals surface area (Å²) in [4.78, 5) is 3.19. The summed E-state index contributed by atoms with van der Waals surface area (Å²) >= 11 is 0. The summed E-state index contributed by atoms with van der Waals surface area (Å²) in [6.45, 7) is 5.08. The van der Waals surface area contributed by atoms with Crippen molar-refractivity contribution in [3.8, 4) is 0 Å². The molecule has 0 saturated heterocycles. The first-order chi connectivity index (χ1) is 19.1. The smallest absolute Gasteiger partial charge is 0.0104 e. The maximum atomic E-state index is 3.19. The van der Waals surface area contributed by atoms with Crippen LogP contribution < -0.4 is 0 Å². The van der Waals surface area contributed by atoms with E-state index >= 15 is 0 Å². The molecule has 1 heteroatoms. The van der Waals surface area contributed by atoms with Crippen molar-refractivity contribution < 1.29 is 0 Å². The van der Waals surface area contributed by atoms with Crippen molar-refractivity contribution >= 4 is 0 Å². The molecule has 0 heterocycles.